The fourth-order valence-corrected chi connectivity index (χ4v) is 2.20. The van der Waals surface area contributed by atoms with Gasteiger partial charge in [-0.05, 0) is 33.2 Å². The molecule has 3 heteroatoms. The molecule has 0 aromatic heterocycles. The average molecular weight is 213 g/mol. The molecule has 1 fully saturated rings. The third-order valence-electron chi connectivity index (χ3n) is 3.81. The zero-order valence-electron chi connectivity index (χ0n) is 10.3. The van der Waals surface area contributed by atoms with Crippen LogP contribution < -0.4 is 0 Å². The van der Waals surface area contributed by atoms with Gasteiger partial charge in [0.25, 0.3) is 0 Å². The standard InChI is InChI=1S/C12H23NO2/c1-9-5-6-10(15)7-11(9)13(4)12(2,3)8-14/h9,11,14H,5-8H2,1-4H3. The summed E-state index contributed by atoms with van der Waals surface area (Å²) < 4.78 is 0. The summed E-state index contributed by atoms with van der Waals surface area (Å²) in [7, 11) is 2.01. The second-order valence-electron chi connectivity index (χ2n) is 5.41. The average Bonchev–Trinajstić information content (AvgIpc) is 2.20. The van der Waals surface area contributed by atoms with Gasteiger partial charge in [-0.25, -0.2) is 0 Å². The van der Waals surface area contributed by atoms with Crippen LogP contribution in [0.3, 0.4) is 0 Å². The number of ketones is 1. The number of Topliss-reactive ketones (excluding diaryl/α,β-unsaturated/α-hetero) is 1. The third kappa shape index (κ3) is 2.79. The highest BCUT2D eigenvalue weighted by atomic mass is 16.3. The Morgan fingerprint density at radius 1 is 1.53 bits per heavy atom. The van der Waals surface area contributed by atoms with Gasteiger partial charge in [0.05, 0.1) is 6.61 Å². The van der Waals surface area contributed by atoms with Crippen LogP contribution in [0, 0.1) is 5.92 Å². The molecule has 1 aliphatic rings. The Hall–Kier alpha value is -0.410. The first kappa shape index (κ1) is 12.7. The lowest BCUT2D eigenvalue weighted by atomic mass is 9.82. The number of hydrogen-bond donors (Lipinski definition) is 1. The predicted octanol–water partition coefficient (Wildman–Crippen LogP) is 1.45. The number of hydrogen-bond acceptors (Lipinski definition) is 3. The van der Waals surface area contributed by atoms with Crippen LogP contribution in [0.4, 0.5) is 0 Å². The van der Waals surface area contributed by atoms with Crippen molar-refractivity contribution in [3.63, 3.8) is 0 Å². The summed E-state index contributed by atoms with van der Waals surface area (Å²) in [5, 5.41) is 9.32. The van der Waals surface area contributed by atoms with E-state index in [4.69, 9.17) is 0 Å². The highest BCUT2D eigenvalue weighted by molar-refractivity contribution is 5.79. The maximum absolute atomic E-state index is 11.4. The lowest BCUT2D eigenvalue weighted by Gasteiger charge is -2.44. The first-order chi connectivity index (χ1) is 6.88. The fourth-order valence-electron chi connectivity index (χ4n) is 2.20. The quantitative estimate of drug-likeness (QED) is 0.771. The molecule has 3 nitrogen and oxygen atoms in total. The van der Waals surface area contributed by atoms with Crippen LogP contribution in [0.5, 0.6) is 0 Å². The SMILES string of the molecule is CC1CCC(=O)CC1N(C)C(C)(C)CO. The zero-order chi connectivity index (χ0) is 11.6. The van der Waals surface area contributed by atoms with Gasteiger partial charge in [-0.2, -0.15) is 0 Å². The van der Waals surface area contributed by atoms with E-state index in [9.17, 15) is 9.90 Å². The first-order valence-electron chi connectivity index (χ1n) is 5.74. The molecule has 0 bridgehead atoms. The van der Waals surface area contributed by atoms with Gasteiger partial charge in [0.1, 0.15) is 5.78 Å². The van der Waals surface area contributed by atoms with Gasteiger partial charge < -0.3 is 5.11 Å². The Morgan fingerprint density at radius 2 is 2.13 bits per heavy atom. The van der Waals surface area contributed by atoms with E-state index in [-0.39, 0.29) is 18.2 Å². The molecule has 0 amide bonds. The van der Waals surface area contributed by atoms with Gasteiger partial charge in [-0.3, -0.25) is 9.69 Å². The van der Waals surface area contributed by atoms with Gasteiger partial charge in [0.15, 0.2) is 0 Å². The summed E-state index contributed by atoms with van der Waals surface area (Å²) in [6.45, 7) is 6.35. The van der Waals surface area contributed by atoms with Crippen molar-refractivity contribution < 1.29 is 9.90 Å². The Balaban J connectivity index is 2.72. The van der Waals surface area contributed by atoms with Crippen LogP contribution >= 0.6 is 0 Å². The molecule has 0 spiro atoms. The van der Waals surface area contributed by atoms with Crippen molar-refractivity contribution in [1.82, 2.24) is 4.90 Å². The molecular formula is C12H23NO2. The van der Waals surface area contributed by atoms with Crippen LogP contribution in [-0.2, 0) is 4.79 Å². The Morgan fingerprint density at radius 3 is 2.67 bits per heavy atom. The lowest BCUT2D eigenvalue weighted by Crippen LogP contribution is -2.53. The molecule has 2 atom stereocenters. The smallest absolute Gasteiger partial charge is 0.134 e. The van der Waals surface area contributed by atoms with Crippen LogP contribution in [0.1, 0.15) is 40.0 Å². The van der Waals surface area contributed by atoms with Crippen molar-refractivity contribution in [2.45, 2.75) is 51.6 Å². The molecule has 0 saturated heterocycles. The highest BCUT2D eigenvalue weighted by Gasteiger charge is 2.35. The van der Waals surface area contributed by atoms with Crippen LogP contribution in [0.25, 0.3) is 0 Å². The van der Waals surface area contributed by atoms with Crippen molar-refractivity contribution in [1.29, 1.82) is 0 Å². The van der Waals surface area contributed by atoms with E-state index in [1.807, 2.05) is 20.9 Å². The molecular weight excluding hydrogens is 190 g/mol. The van der Waals surface area contributed by atoms with E-state index in [1.54, 1.807) is 0 Å². The number of nitrogens with zero attached hydrogens (tertiary/aromatic N) is 1. The molecule has 2 unspecified atom stereocenters. The summed E-state index contributed by atoms with van der Waals surface area (Å²) >= 11 is 0. The Bertz CT molecular complexity index is 238. The summed E-state index contributed by atoms with van der Waals surface area (Å²) in [5.74, 6) is 0.900. The minimum atomic E-state index is -0.240. The van der Waals surface area contributed by atoms with Gasteiger partial charge in [0, 0.05) is 24.4 Å². The van der Waals surface area contributed by atoms with Gasteiger partial charge in [-0.15, -0.1) is 0 Å². The van der Waals surface area contributed by atoms with E-state index in [0.29, 0.717) is 18.1 Å². The predicted molar refractivity (Wildman–Crippen MR) is 60.7 cm³/mol. The summed E-state index contributed by atoms with van der Waals surface area (Å²) in [5.41, 5.74) is -0.240. The van der Waals surface area contributed by atoms with E-state index in [1.165, 1.54) is 0 Å². The highest BCUT2D eigenvalue weighted by Crippen LogP contribution is 2.29. The summed E-state index contributed by atoms with van der Waals surface area (Å²) in [6.07, 6.45) is 2.35. The van der Waals surface area contributed by atoms with Gasteiger partial charge in [-0.1, -0.05) is 6.92 Å². The maximum atomic E-state index is 11.4. The van der Waals surface area contributed by atoms with Gasteiger partial charge >= 0.3 is 0 Å². The minimum absolute atomic E-state index is 0.126. The van der Waals surface area contributed by atoms with Crippen molar-refractivity contribution in [3.05, 3.63) is 0 Å². The van der Waals surface area contributed by atoms with Crippen molar-refractivity contribution in [3.8, 4) is 0 Å². The monoisotopic (exact) mass is 213 g/mol. The third-order valence-corrected chi connectivity index (χ3v) is 3.81. The molecule has 88 valence electrons. The van der Waals surface area contributed by atoms with E-state index >= 15 is 0 Å². The van der Waals surface area contributed by atoms with Crippen LogP contribution in [0.2, 0.25) is 0 Å². The maximum Gasteiger partial charge on any atom is 0.134 e. The number of carbonyl (C=O) groups is 1. The number of aliphatic hydroxyl groups excluding tert-OH is 1. The second kappa shape index (κ2) is 4.62. The molecule has 1 aliphatic carbocycles. The van der Waals surface area contributed by atoms with Crippen molar-refractivity contribution in [2.75, 3.05) is 13.7 Å². The molecule has 0 aromatic rings. The Kier molecular flexibility index (Phi) is 3.90. The number of carbonyl (C=O) groups excluding carboxylic acids is 1. The molecule has 1 N–H and O–H groups in total. The molecule has 1 rings (SSSR count). The van der Waals surface area contributed by atoms with Gasteiger partial charge in [0.2, 0.25) is 0 Å². The van der Waals surface area contributed by atoms with E-state index < -0.39 is 0 Å². The van der Waals surface area contributed by atoms with Crippen LogP contribution in [-0.4, -0.2) is 41.0 Å². The molecule has 0 radical (unpaired) electrons. The molecule has 0 heterocycles. The van der Waals surface area contributed by atoms with Crippen LogP contribution in [0.15, 0.2) is 0 Å². The summed E-state index contributed by atoms with van der Waals surface area (Å²) in [4.78, 5) is 13.6. The topological polar surface area (TPSA) is 40.5 Å². The summed E-state index contributed by atoms with van der Waals surface area (Å²) in [6, 6.07) is 0.286. The van der Waals surface area contributed by atoms with E-state index in [0.717, 1.165) is 12.8 Å². The zero-order valence-corrected chi connectivity index (χ0v) is 10.3. The largest absolute Gasteiger partial charge is 0.394 e. The van der Waals surface area contributed by atoms with Crippen molar-refractivity contribution in [2.24, 2.45) is 5.92 Å². The molecule has 0 aromatic carbocycles. The van der Waals surface area contributed by atoms with E-state index in [2.05, 4.69) is 11.8 Å². The normalized spacial score (nSPS) is 28.5. The number of rotatable bonds is 3. The molecule has 15 heavy (non-hydrogen) atoms. The number of aliphatic hydroxyl groups is 1. The first-order valence-corrected chi connectivity index (χ1v) is 5.74. The second-order valence-corrected chi connectivity index (χ2v) is 5.41. The Labute approximate surface area is 92.5 Å². The molecule has 1 saturated carbocycles. The molecule has 0 aliphatic heterocycles. The number of likely N-dealkylation sites (N-methyl/N-ethyl adjacent to an activating group) is 1. The minimum Gasteiger partial charge on any atom is -0.394 e. The van der Waals surface area contributed by atoms with Crippen molar-refractivity contribution >= 4 is 5.78 Å². The fraction of sp³-hybridized carbons (Fsp3) is 0.917. The lowest BCUT2D eigenvalue weighted by molar-refractivity contribution is -0.124.